The van der Waals surface area contributed by atoms with Crippen LogP contribution in [0.3, 0.4) is 0 Å². The molecule has 3 heterocycles. The van der Waals surface area contributed by atoms with Gasteiger partial charge in [0.15, 0.2) is 0 Å². The number of aromatic nitrogens is 3. The summed E-state index contributed by atoms with van der Waals surface area (Å²) in [5.74, 6) is 0.546. The molecule has 5 heteroatoms. The van der Waals surface area contributed by atoms with E-state index < -0.39 is 0 Å². The average Bonchev–Trinajstić information content (AvgIpc) is 3.16. The maximum atomic E-state index is 9.14. The molecule has 3 rings (SSSR count). The molecule has 1 atom stereocenters. The lowest BCUT2D eigenvalue weighted by Crippen LogP contribution is -2.33. The Hall–Kier alpha value is -2.06. The molecule has 0 amide bonds. The van der Waals surface area contributed by atoms with Gasteiger partial charge in [0, 0.05) is 43.6 Å². The van der Waals surface area contributed by atoms with Crippen LogP contribution in [0.25, 0.3) is 0 Å². The predicted octanol–water partition coefficient (Wildman–Crippen LogP) is 2.48. The van der Waals surface area contributed by atoms with Crippen LogP contribution in [0.5, 0.6) is 0 Å². The third-order valence-electron chi connectivity index (χ3n) is 4.28. The highest BCUT2D eigenvalue weighted by atomic mass is 15.2. The zero-order valence-electron chi connectivity index (χ0n) is 12.4. The minimum Gasteiger partial charge on any atom is -0.339 e. The zero-order chi connectivity index (χ0) is 14.7. The Morgan fingerprint density at radius 3 is 3.10 bits per heavy atom. The van der Waals surface area contributed by atoms with Crippen LogP contribution in [-0.2, 0) is 13.1 Å². The maximum Gasteiger partial charge on any atom is 0.120 e. The van der Waals surface area contributed by atoms with Crippen molar-refractivity contribution in [1.82, 2.24) is 19.7 Å². The van der Waals surface area contributed by atoms with Gasteiger partial charge in [-0.15, -0.1) is 0 Å². The van der Waals surface area contributed by atoms with Gasteiger partial charge in [-0.1, -0.05) is 0 Å². The van der Waals surface area contributed by atoms with Gasteiger partial charge >= 0.3 is 0 Å². The van der Waals surface area contributed by atoms with Crippen molar-refractivity contribution in [3.8, 4) is 6.07 Å². The van der Waals surface area contributed by atoms with Gasteiger partial charge in [-0.2, -0.15) is 10.4 Å². The molecule has 1 fully saturated rings. The van der Waals surface area contributed by atoms with Gasteiger partial charge in [0.1, 0.15) is 11.8 Å². The number of aryl methyl sites for hydroxylation is 1. The summed E-state index contributed by atoms with van der Waals surface area (Å²) < 4.78 is 2.02. The van der Waals surface area contributed by atoms with Gasteiger partial charge in [-0.3, -0.25) is 10.00 Å². The van der Waals surface area contributed by atoms with Crippen molar-refractivity contribution in [2.75, 3.05) is 13.1 Å². The predicted molar refractivity (Wildman–Crippen MR) is 80.7 cm³/mol. The highest BCUT2D eigenvalue weighted by Gasteiger charge is 2.22. The van der Waals surface area contributed by atoms with E-state index in [4.69, 9.17) is 5.26 Å². The van der Waals surface area contributed by atoms with Gasteiger partial charge in [-0.25, -0.2) is 0 Å². The molecule has 0 bridgehead atoms. The Kier molecular flexibility index (Phi) is 4.07. The van der Waals surface area contributed by atoms with Crippen LogP contribution in [0.4, 0.5) is 0 Å². The molecule has 2 aromatic heterocycles. The zero-order valence-corrected chi connectivity index (χ0v) is 12.4. The molecule has 0 radical (unpaired) electrons. The van der Waals surface area contributed by atoms with Gasteiger partial charge in [0.25, 0.3) is 0 Å². The lowest BCUT2D eigenvalue weighted by molar-refractivity contribution is 0.198. The van der Waals surface area contributed by atoms with Crippen molar-refractivity contribution in [2.45, 2.75) is 38.8 Å². The number of likely N-dealkylation sites (tertiary alicyclic amines) is 1. The molecule has 2 aromatic rings. The second kappa shape index (κ2) is 6.15. The fourth-order valence-corrected chi connectivity index (χ4v) is 3.22. The lowest BCUT2D eigenvalue weighted by Gasteiger charge is -2.31. The lowest BCUT2D eigenvalue weighted by atomic mass is 9.95. The Morgan fingerprint density at radius 1 is 1.52 bits per heavy atom. The Bertz CT molecular complexity index is 620. The second-order valence-corrected chi connectivity index (χ2v) is 5.72. The fourth-order valence-electron chi connectivity index (χ4n) is 3.22. The number of nitriles is 1. The monoisotopic (exact) mass is 283 g/mol. The number of aromatic amines is 1. The van der Waals surface area contributed by atoms with E-state index in [0.29, 0.717) is 5.92 Å². The molecule has 21 heavy (non-hydrogen) atoms. The standard InChI is InChI=1S/C16H21N5/c1-2-21-11-13(8-15(21)9-17)10-20-7-3-4-14(12-20)16-5-6-18-19-16/h5-6,8,11,14H,2-4,7,10,12H2,1H3,(H,18,19)/t14-/m0/s1. The van der Waals surface area contributed by atoms with Crippen LogP contribution in [0, 0.1) is 11.3 Å². The molecule has 1 N–H and O–H groups in total. The number of nitrogens with zero attached hydrogens (tertiary/aromatic N) is 4. The quantitative estimate of drug-likeness (QED) is 0.937. The first-order valence-corrected chi connectivity index (χ1v) is 7.61. The summed E-state index contributed by atoms with van der Waals surface area (Å²) in [5, 5.41) is 16.3. The van der Waals surface area contributed by atoms with Crippen molar-refractivity contribution in [3.05, 3.63) is 41.5 Å². The van der Waals surface area contributed by atoms with Crippen LogP contribution in [-0.4, -0.2) is 32.8 Å². The van der Waals surface area contributed by atoms with Crippen LogP contribution in [0.1, 0.15) is 42.6 Å². The van der Waals surface area contributed by atoms with Crippen molar-refractivity contribution >= 4 is 0 Å². The molecule has 0 saturated carbocycles. The molecule has 0 spiro atoms. The molecule has 1 aliphatic heterocycles. The molecule has 1 saturated heterocycles. The maximum absolute atomic E-state index is 9.14. The number of hydrogen-bond acceptors (Lipinski definition) is 3. The summed E-state index contributed by atoms with van der Waals surface area (Å²) in [5.41, 5.74) is 3.23. The van der Waals surface area contributed by atoms with E-state index in [9.17, 15) is 0 Å². The molecule has 0 aromatic carbocycles. The summed E-state index contributed by atoms with van der Waals surface area (Å²) in [7, 11) is 0. The summed E-state index contributed by atoms with van der Waals surface area (Å²) in [6.45, 7) is 6.02. The average molecular weight is 283 g/mol. The smallest absolute Gasteiger partial charge is 0.120 e. The first-order chi connectivity index (χ1) is 10.3. The van der Waals surface area contributed by atoms with Crippen LogP contribution < -0.4 is 0 Å². The summed E-state index contributed by atoms with van der Waals surface area (Å²) >= 11 is 0. The molecule has 0 aliphatic carbocycles. The third-order valence-corrected chi connectivity index (χ3v) is 4.28. The van der Waals surface area contributed by atoms with Gasteiger partial charge in [-0.05, 0) is 44.0 Å². The minimum absolute atomic E-state index is 0.546. The van der Waals surface area contributed by atoms with E-state index in [-0.39, 0.29) is 0 Å². The first-order valence-electron chi connectivity index (χ1n) is 7.61. The van der Waals surface area contributed by atoms with Crippen molar-refractivity contribution in [1.29, 1.82) is 5.26 Å². The van der Waals surface area contributed by atoms with E-state index in [2.05, 4.69) is 40.4 Å². The van der Waals surface area contributed by atoms with Crippen molar-refractivity contribution in [2.24, 2.45) is 0 Å². The third kappa shape index (κ3) is 3.01. The highest BCUT2D eigenvalue weighted by Crippen LogP contribution is 2.26. The topological polar surface area (TPSA) is 60.6 Å². The van der Waals surface area contributed by atoms with Crippen molar-refractivity contribution < 1.29 is 0 Å². The van der Waals surface area contributed by atoms with E-state index >= 15 is 0 Å². The summed E-state index contributed by atoms with van der Waals surface area (Å²) in [6.07, 6.45) is 6.37. The molecule has 1 aliphatic rings. The highest BCUT2D eigenvalue weighted by molar-refractivity contribution is 5.28. The minimum atomic E-state index is 0.546. The Morgan fingerprint density at radius 2 is 2.43 bits per heavy atom. The summed E-state index contributed by atoms with van der Waals surface area (Å²) in [4.78, 5) is 2.48. The number of H-pyrrole nitrogens is 1. The molecule has 0 unspecified atom stereocenters. The van der Waals surface area contributed by atoms with Gasteiger partial charge in [0.05, 0.1) is 0 Å². The van der Waals surface area contributed by atoms with Crippen LogP contribution in [0.15, 0.2) is 24.5 Å². The number of piperidine rings is 1. The SMILES string of the molecule is CCn1cc(CN2CCC[C@H](c3ccn[nH]3)C2)cc1C#N. The molecular weight excluding hydrogens is 262 g/mol. The van der Waals surface area contributed by atoms with Crippen LogP contribution >= 0.6 is 0 Å². The molecule has 5 nitrogen and oxygen atoms in total. The normalized spacial score (nSPS) is 19.5. The first kappa shape index (κ1) is 13.9. The second-order valence-electron chi connectivity index (χ2n) is 5.72. The number of hydrogen-bond donors (Lipinski definition) is 1. The number of rotatable bonds is 4. The van der Waals surface area contributed by atoms with E-state index in [1.807, 2.05) is 16.8 Å². The Labute approximate surface area is 125 Å². The van der Waals surface area contributed by atoms with E-state index in [1.54, 1.807) is 0 Å². The molecular formula is C16H21N5. The molecule has 110 valence electrons. The van der Waals surface area contributed by atoms with E-state index in [0.717, 1.165) is 31.9 Å². The van der Waals surface area contributed by atoms with Crippen molar-refractivity contribution in [3.63, 3.8) is 0 Å². The van der Waals surface area contributed by atoms with E-state index in [1.165, 1.54) is 24.1 Å². The largest absolute Gasteiger partial charge is 0.339 e. The Balaban J connectivity index is 1.67. The van der Waals surface area contributed by atoms with Gasteiger partial charge in [0.2, 0.25) is 0 Å². The fraction of sp³-hybridized carbons (Fsp3) is 0.500. The summed E-state index contributed by atoms with van der Waals surface area (Å²) in [6, 6.07) is 6.36. The number of nitrogens with one attached hydrogen (secondary N) is 1. The van der Waals surface area contributed by atoms with Gasteiger partial charge < -0.3 is 4.57 Å². The van der Waals surface area contributed by atoms with Crippen LogP contribution in [0.2, 0.25) is 0 Å².